The molecule has 0 aliphatic heterocycles. The van der Waals surface area contributed by atoms with Crippen LogP contribution >= 0.6 is 0 Å². The minimum Gasteiger partial charge on any atom is -0.363 e. The van der Waals surface area contributed by atoms with Crippen LogP contribution < -0.4 is 5.32 Å². The fourth-order valence-corrected chi connectivity index (χ4v) is 1.87. The van der Waals surface area contributed by atoms with Crippen LogP contribution in [0.4, 0.5) is 5.82 Å². The van der Waals surface area contributed by atoms with Crippen molar-refractivity contribution in [3.8, 4) is 6.07 Å². The van der Waals surface area contributed by atoms with E-state index in [1.807, 2.05) is 24.3 Å². The molecule has 19 heavy (non-hydrogen) atoms. The van der Waals surface area contributed by atoms with E-state index in [0.29, 0.717) is 23.7 Å². The summed E-state index contributed by atoms with van der Waals surface area (Å²) in [4.78, 5) is 4.46. The molecule has 0 saturated carbocycles. The number of aromatic nitrogens is 2. The molecule has 1 aromatic carbocycles. The normalized spacial score (nSPS) is 10.3. The van der Waals surface area contributed by atoms with Crippen LogP contribution in [0.3, 0.4) is 0 Å². The Morgan fingerprint density at radius 1 is 1.26 bits per heavy atom. The van der Waals surface area contributed by atoms with Crippen molar-refractivity contribution in [1.29, 1.82) is 5.26 Å². The van der Waals surface area contributed by atoms with Gasteiger partial charge in [0.15, 0.2) is 5.76 Å². The molecular formula is C14H10N4O. The quantitative estimate of drug-likeness (QED) is 0.773. The Balaban J connectivity index is 1.94. The van der Waals surface area contributed by atoms with Crippen LogP contribution in [0.5, 0.6) is 0 Å². The van der Waals surface area contributed by atoms with E-state index in [1.165, 1.54) is 0 Å². The molecule has 5 heteroatoms. The van der Waals surface area contributed by atoms with Crippen LogP contribution in [0.15, 0.2) is 47.1 Å². The van der Waals surface area contributed by atoms with Gasteiger partial charge in [0.2, 0.25) is 0 Å². The molecule has 0 aliphatic rings. The highest BCUT2D eigenvalue weighted by Gasteiger charge is 2.05. The van der Waals surface area contributed by atoms with Gasteiger partial charge in [0, 0.05) is 11.5 Å². The third-order valence-electron chi connectivity index (χ3n) is 2.77. The number of anilines is 1. The number of benzene rings is 1. The minimum atomic E-state index is 0.482. The lowest BCUT2D eigenvalue weighted by Gasteiger charge is -2.06. The highest BCUT2D eigenvalue weighted by molar-refractivity contribution is 5.86. The van der Waals surface area contributed by atoms with Gasteiger partial charge >= 0.3 is 0 Å². The van der Waals surface area contributed by atoms with Gasteiger partial charge < -0.3 is 9.84 Å². The summed E-state index contributed by atoms with van der Waals surface area (Å²) in [5.74, 6) is 1.36. The van der Waals surface area contributed by atoms with Crippen LogP contribution in [0.1, 0.15) is 11.3 Å². The standard InChI is InChI=1S/C14H10N4O/c15-8-10-7-14(16-9-11-5-6-17-19-11)18-13-4-2-1-3-12(10)13/h1-7H,9H2,(H,16,18). The summed E-state index contributed by atoms with van der Waals surface area (Å²) in [5, 5.41) is 16.8. The van der Waals surface area contributed by atoms with Crippen LogP contribution in [-0.2, 0) is 6.54 Å². The number of rotatable bonds is 3. The van der Waals surface area contributed by atoms with Gasteiger partial charge in [0.25, 0.3) is 0 Å². The maximum absolute atomic E-state index is 9.18. The fraction of sp³-hybridized carbons (Fsp3) is 0.0714. The monoisotopic (exact) mass is 250 g/mol. The number of nitriles is 1. The van der Waals surface area contributed by atoms with Crippen LogP contribution in [-0.4, -0.2) is 10.1 Å². The Morgan fingerprint density at radius 2 is 2.16 bits per heavy atom. The van der Waals surface area contributed by atoms with E-state index in [4.69, 9.17) is 4.52 Å². The van der Waals surface area contributed by atoms with Crippen molar-refractivity contribution in [3.05, 3.63) is 53.9 Å². The predicted molar refractivity (Wildman–Crippen MR) is 70.3 cm³/mol. The summed E-state index contributed by atoms with van der Waals surface area (Å²) < 4.78 is 4.99. The molecule has 5 nitrogen and oxygen atoms in total. The zero-order chi connectivity index (χ0) is 13.1. The molecule has 2 heterocycles. The van der Waals surface area contributed by atoms with Gasteiger partial charge in [-0.2, -0.15) is 5.26 Å². The molecule has 0 saturated heterocycles. The Hall–Kier alpha value is -2.87. The zero-order valence-electron chi connectivity index (χ0n) is 10.00. The Kier molecular flexibility index (Phi) is 2.83. The van der Waals surface area contributed by atoms with Gasteiger partial charge in [0.05, 0.1) is 29.9 Å². The SMILES string of the molecule is N#Cc1cc(NCc2ccno2)nc2ccccc12. The fourth-order valence-electron chi connectivity index (χ4n) is 1.87. The average Bonchev–Trinajstić information content (AvgIpc) is 2.97. The van der Waals surface area contributed by atoms with Gasteiger partial charge in [-0.1, -0.05) is 23.4 Å². The molecule has 1 N–H and O–H groups in total. The van der Waals surface area contributed by atoms with Crippen molar-refractivity contribution in [2.45, 2.75) is 6.54 Å². The molecule has 2 aromatic heterocycles. The molecule has 0 aliphatic carbocycles. The van der Waals surface area contributed by atoms with E-state index >= 15 is 0 Å². The highest BCUT2D eigenvalue weighted by Crippen LogP contribution is 2.20. The summed E-state index contributed by atoms with van der Waals surface area (Å²) in [6.45, 7) is 0.482. The summed E-state index contributed by atoms with van der Waals surface area (Å²) in [6, 6.07) is 13.3. The number of pyridine rings is 1. The number of para-hydroxylation sites is 1. The smallest absolute Gasteiger partial charge is 0.155 e. The van der Waals surface area contributed by atoms with Crippen LogP contribution in [0.25, 0.3) is 10.9 Å². The van der Waals surface area contributed by atoms with E-state index in [-0.39, 0.29) is 0 Å². The van der Waals surface area contributed by atoms with Crippen LogP contribution in [0.2, 0.25) is 0 Å². The molecular weight excluding hydrogens is 240 g/mol. The Bertz CT molecular complexity index is 744. The van der Waals surface area contributed by atoms with Crippen molar-refractivity contribution in [1.82, 2.24) is 10.1 Å². The topological polar surface area (TPSA) is 74.7 Å². The summed E-state index contributed by atoms with van der Waals surface area (Å²) in [7, 11) is 0. The van der Waals surface area contributed by atoms with E-state index in [9.17, 15) is 5.26 Å². The summed E-state index contributed by atoms with van der Waals surface area (Å²) >= 11 is 0. The van der Waals surface area contributed by atoms with Gasteiger partial charge in [-0.15, -0.1) is 0 Å². The lowest BCUT2D eigenvalue weighted by Crippen LogP contribution is -2.01. The van der Waals surface area contributed by atoms with Crippen molar-refractivity contribution < 1.29 is 4.52 Å². The molecule has 3 aromatic rings. The first-order chi connectivity index (χ1) is 9.36. The van der Waals surface area contributed by atoms with Gasteiger partial charge in [-0.3, -0.25) is 0 Å². The van der Waals surface area contributed by atoms with Crippen molar-refractivity contribution >= 4 is 16.7 Å². The van der Waals surface area contributed by atoms with Crippen molar-refractivity contribution in [2.75, 3.05) is 5.32 Å². The molecule has 92 valence electrons. The lowest BCUT2D eigenvalue weighted by molar-refractivity contribution is 0.388. The average molecular weight is 250 g/mol. The first-order valence-electron chi connectivity index (χ1n) is 5.80. The number of fused-ring (bicyclic) bond motifs is 1. The van der Waals surface area contributed by atoms with E-state index in [0.717, 1.165) is 10.9 Å². The van der Waals surface area contributed by atoms with E-state index < -0.39 is 0 Å². The highest BCUT2D eigenvalue weighted by atomic mass is 16.5. The summed E-state index contributed by atoms with van der Waals surface area (Å²) in [5.41, 5.74) is 1.40. The van der Waals surface area contributed by atoms with Gasteiger partial charge in [-0.25, -0.2) is 4.98 Å². The number of nitrogens with one attached hydrogen (secondary N) is 1. The van der Waals surface area contributed by atoms with Gasteiger partial charge in [-0.05, 0) is 12.1 Å². The van der Waals surface area contributed by atoms with Crippen LogP contribution in [0, 0.1) is 11.3 Å². The molecule has 0 fully saturated rings. The number of hydrogen-bond donors (Lipinski definition) is 1. The number of hydrogen-bond acceptors (Lipinski definition) is 5. The maximum atomic E-state index is 9.18. The van der Waals surface area contributed by atoms with Crippen molar-refractivity contribution in [3.63, 3.8) is 0 Å². The molecule has 0 atom stereocenters. The molecule has 0 amide bonds. The van der Waals surface area contributed by atoms with Gasteiger partial charge in [0.1, 0.15) is 5.82 Å². The molecule has 0 radical (unpaired) electrons. The first-order valence-corrected chi connectivity index (χ1v) is 5.80. The Morgan fingerprint density at radius 3 is 2.95 bits per heavy atom. The third kappa shape index (κ3) is 2.24. The third-order valence-corrected chi connectivity index (χ3v) is 2.77. The zero-order valence-corrected chi connectivity index (χ0v) is 10.00. The lowest BCUT2D eigenvalue weighted by atomic mass is 10.1. The molecule has 0 unspecified atom stereocenters. The van der Waals surface area contributed by atoms with E-state index in [1.54, 1.807) is 18.3 Å². The largest absolute Gasteiger partial charge is 0.363 e. The number of nitrogens with zero attached hydrogens (tertiary/aromatic N) is 3. The second kappa shape index (κ2) is 4.78. The molecule has 0 bridgehead atoms. The predicted octanol–water partition coefficient (Wildman–Crippen LogP) is 2.71. The van der Waals surface area contributed by atoms with Crippen molar-refractivity contribution in [2.24, 2.45) is 0 Å². The minimum absolute atomic E-state index is 0.482. The summed E-state index contributed by atoms with van der Waals surface area (Å²) in [6.07, 6.45) is 1.59. The molecule has 3 rings (SSSR count). The first kappa shape index (κ1) is 11.2. The maximum Gasteiger partial charge on any atom is 0.155 e. The second-order valence-corrected chi connectivity index (χ2v) is 4.02. The Labute approximate surface area is 109 Å². The second-order valence-electron chi connectivity index (χ2n) is 4.02. The van der Waals surface area contributed by atoms with E-state index in [2.05, 4.69) is 21.5 Å². The molecule has 0 spiro atoms.